The Hall–Kier alpha value is -3.34. The van der Waals surface area contributed by atoms with Crippen LogP contribution in [0.15, 0.2) is 53.8 Å². The molecule has 2 heterocycles. The Labute approximate surface area is 169 Å². The van der Waals surface area contributed by atoms with Gasteiger partial charge in [0, 0.05) is 51.4 Å². The number of nitrogens with zero attached hydrogens (tertiary/aromatic N) is 2. The molecule has 0 fully saturated rings. The summed E-state index contributed by atoms with van der Waals surface area (Å²) in [5.74, 6) is -0.187. The number of carbonyl (C=O) groups excluding carboxylic acids is 1. The van der Waals surface area contributed by atoms with Crippen LogP contribution >= 0.6 is 0 Å². The van der Waals surface area contributed by atoms with Gasteiger partial charge in [0.15, 0.2) is 0 Å². The van der Waals surface area contributed by atoms with Crippen LogP contribution in [-0.4, -0.2) is 21.7 Å². The van der Waals surface area contributed by atoms with Gasteiger partial charge in [0.05, 0.1) is 6.21 Å². The van der Waals surface area contributed by atoms with Gasteiger partial charge < -0.3 is 9.55 Å². The van der Waals surface area contributed by atoms with Crippen molar-refractivity contribution in [2.45, 2.75) is 39.2 Å². The van der Waals surface area contributed by atoms with Gasteiger partial charge in [-0.15, -0.1) is 0 Å². The second kappa shape index (κ2) is 7.24. The molecular weight excluding hydrogens is 360 g/mol. The van der Waals surface area contributed by atoms with Crippen LogP contribution in [0.25, 0.3) is 21.8 Å². The highest BCUT2D eigenvalue weighted by Gasteiger charge is 2.16. The molecule has 5 nitrogen and oxygen atoms in total. The summed E-state index contributed by atoms with van der Waals surface area (Å²) >= 11 is 0. The maximum absolute atomic E-state index is 12.7. The van der Waals surface area contributed by atoms with Gasteiger partial charge in [0.1, 0.15) is 0 Å². The lowest BCUT2D eigenvalue weighted by Crippen LogP contribution is -2.17. The molecule has 0 unspecified atom stereocenters. The molecule has 1 aliphatic carbocycles. The summed E-state index contributed by atoms with van der Waals surface area (Å²) in [5, 5.41) is 6.53. The van der Waals surface area contributed by atoms with Gasteiger partial charge >= 0.3 is 0 Å². The van der Waals surface area contributed by atoms with Gasteiger partial charge in [-0.25, -0.2) is 5.43 Å². The fourth-order valence-electron chi connectivity index (χ4n) is 4.41. The van der Waals surface area contributed by atoms with E-state index < -0.39 is 0 Å². The minimum absolute atomic E-state index is 0.187. The first kappa shape index (κ1) is 17.7. The number of benzene rings is 2. The van der Waals surface area contributed by atoms with E-state index in [2.05, 4.69) is 45.3 Å². The maximum atomic E-state index is 12.7. The second-order valence-electron chi connectivity index (χ2n) is 7.64. The largest absolute Gasteiger partial charge is 0.358 e. The zero-order chi connectivity index (χ0) is 19.8. The van der Waals surface area contributed by atoms with Crippen LogP contribution in [0.4, 0.5) is 0 Å². The van der Waals surface area contributed by atoms with Crippen molar-refractivity contribution in [2.24, 2.45) is 5.10 Å². The summed E-state index contributed by atoms with van der Waals surface area (Å²) in [7, 11) is 0. The Balaban J connectivity index is 1.38. The highest BCUT2D eigenvalue weighted by molar-refractivity contribution is 6.02. The van der Waals surface area contributed by atoms with E-state index in [0.29, 0.717) is 5.56 Å². The Morgan fingerprint density at radius 2 is 2.03 bits per heavy atom. The summed E-state index contributed by atoms with van der Waals surface area (Å²) in [4.78, 5) is 16.2. The van der Waals surface area contributed by atoms with Crippen molar-refractivity contribution in [1.29, 1.82) is 0 Å². The van der Waals surface area contributed by atoms with Crippen LogP contribution in [0.3, 0.4) is 0 Å². The number of aryl methyl sites for hydroxylation is 3. The van der Waals surface area contributed by atoms with Crippen LogP contribution in [-0.2, 0) is 19.4 Å². The molecule has 2 aromatic heterocycles. The summed E-state index contributed by atoms with van der Waals surface area (Å²) in [6.45, 7) is 3.01. The number of aromatic nitrogens is 2. The second-order valence-corrected chi connectivity index (χ2v) is 7.64. The lowest BCUT2D eigenvalue weighted by molar-refractivity contribution is 0.0955. The van der Waals surface area contributed by atoms with Crippen LogP contribution < -0.4 is 5.43 Å². The molecule has 0 radical (unpaired) electrons. The van der Waals surface area contributed by atoms with Gasteiger partial charge in [0.2, 0.25) is 0 Å². The summed E-state index contributed by atoms with van der Waals surface area (Å²) < 4.78 is 2.18. The van der Waals surface area contributed by atoms with Crippen LogP contribution in [0.5, 0.6) is 0 Å². The minimum atomic E-state index is -0.187. The van der Waals surface area contributed by atoms with Crippen LogP contribution in [0.1, 0.15) is 46.9 Å². The number of hydrogen-bond donors (Lipinski definition) is 2. The Kier molecular flexibility index (Phi) is 4.43. The van der Waals surface area contributed by atoms with E-state index in [9.17, 15) is 4.79 Å². The molecule has 2 aromatic carbocycles. The molecule has 1 amide bonds. The highest BCUT2D eigenvalue weighted by Crippen LogP contribution is 2.29. The zero-order valence-corrected chi connectivity index (χ0v) is 16.5. The number of fused-ring (bicyclic) bond motifs is 4. The normalized spacial score (nSPS) is 14.0. The summed E-state index contributed by atoms with van der Waals surface area (Å²) in [5.41, 5.74) is 9.31. The third kappa shape index (κ3) is 3.12. The standard InChI is InChI=1S/C24H24N4O/c1-2-28-15-17(18-7-4-6-10-23(18)28)14-25-27-24(29)16-11-12-22-20(13-16)19-8-3-5-9-21(19)26-22/h4,6-7,10-15,26H,2-3,5,8-9H2,1H3,(H,27,29)/b25-14-. The minimum Gasteiger partial charge on any atom is -0.358 e. The summed E-state index contributed by atoms with van der Waals surface area (Å²) in [6, 6.07) is 14.1. The monoisotopic (exact) mass is 384 g/mol. The molecule has 0 spiro atoms. The SMILES string of the molecule is CCn1cc(/C=N\NC(=O)c2ccc3[nH]c4c(c3c2)CCCC4)c2ccccc21. The third-order valence-electron chi connectivity index (χ3n) is 5.89. The quantitative estimate of drug-likeness (QED) is 0.386. The van der Waals surface area contributed by atoms with Crippen molar-refractivity contribution in [3.63, 3.8) is 0 Å². The third-order valence-corrected chi connectivity index (χ3v) is 5.89. The number of rotatable bonds is 4. The van der Waals surface area contributed by atoms with E-state index in [1.165, 1.54) is 35.0 Å². The number of carbonyl (C=O) groups is 1. The molecule has 2 N–H and O–H groups in total. The van der Waals surface area contributed by atoms with Crippen molar-refractivity contribution in [3.8, 4) is 0 Å². The zero-order valence-electron chi connectivity index (χ0n) is 16.5. The van der Waals surface area contributed by atoms with E-state index in [0.717, 1.165) is 35.9 Å². The van der Waals surface area contributed by atoms with Crippen molar-refractivity contribution >= 4 is 33.9 Å². The van der Waals surface area contributed by atoms with Crippen molar-refractivity contribution < 1.29 is 4.79 Å². The Morgan fingerprint density at radius 3 is 2.93 bits per heavy atom. The number of aromatic amines is 1. The Bertz CT molecular complexity index is 1240. The van der Waals surface area contributed by atoms with E-state index in [1.807, 2.05) is 30.3 Å². The number of hydrogen-bond acceptors (Lipinski definition) is 2. The van der Waals surface area contributed by atoms with Gasteiger partial charge in [-0.2, -0.15) is 5.10 Å². The lowest BCUT2D eigenvalue weighted by Gasteiger charge is -2.10. The van der Waals surface area contributed by atoms with Crippen LogP contribution in [0, 0.1) is 0 Å². The van der Waals surface area contributed by atoms with E-state index >= 15 is 0 Å². The first-order valence-electron chi connectivity index (χ1n) is 10.3. The van der Waals surface area contributed by atoms with Crippen molar-refractivity contribution in [3.05, 3.63) is 71.0 Å². The van der Waals surface area contributed by atoms with Crippen LogP contribution in [0.2, 0.25) is 0 Å². The predicted molar refractivity (Wildman–Crippen MR) is 118 cm³/mol. The number of H-pyrrole nitrogens is 1. The van der Waals surface area contributed by atoms with E-state index in [4.69, 9.17) is 0 Å². The molecule has 4 aromatic rings. The predicted octanol–water partition coefficient (Wildman–Crippen LogP) is 4.79. The molecule has 0 saturated heterocycles. The molecule has 0 aliphatic heterocycles. The molecule has 0 atom stereocenters. The first-order chi connectivity index (χ1) is 14.2. The van der Waals surface area contributed by atoms with Crippen molar-refractivity contribution in [2.75, 3.05) is 0 Å². The number of nitrogens with one attached hydrogen (secondary N) is 2. The van der Waals surface area contributed by atoms with E-state index in [1.54, 1.807) is 6.21 Å². The number of amides is 1. The fourth-order valence-corrected chi connectivity index (χ4v) is 4.41. The topological polar surface area (TPSA) is 62.2 Å². The number of hydrazone groups is 1. The molecule has 146 valence electrons. The molecule has 0 bridgehead atoms. The smallest absolute Gasteiger partial charge is 0.271 e. The average molecular weight is 384 g/mol. The molecule has 29 heavy (non-hydrogen) atoms. The highest BCUT2D eigenvalue weighted by atomic mass is 16.2. The van der Waals surface area contributed by atoms with Gasteiger partial charge in [-0.3, -0.25) is 4.79 Å². The first-order valence-corrected chi connectivity index (χ1v) is 10.3. The Morgan fingerprint density at radius 1 is 1.17 bits per heavy atom. The van der Waals surface area contributed by atoms with Gasteiger partial charge in [-0.05, 0) is 62.4 Å². The molecule has 0 saturated carbocycles. The summed E-state index contributed by atoms with van der Waals surface area (Å²) in [6.07, 6.45) is 8.42. The van der Waals surface area contributed by atoms with Crippen molar-refractivity contribution in [1.82, 2.24) is 15.0 Å². The average Bonchev–Trinajstić information content (AvgIpc) is 3.31. The fraction of sp³-hybridized carbons (Fsp3) is 0.250. The maximum Gasteiger partial charge on any atom is 0.271 e. The van der Waals surface area contributed by atoms with E-state index in [-0.39, 0.29) is 5.91 Å². The molecule has 1 aliphatic rings. The number of para-hydroxylation sites is 1. The van der Waals surface area contributed by atoms with Gasteiger partial charge in [0.25, 0.3) is 5.91 Å². The molecule has 5 rings (SSSR count). The lowest BCUT2D eigenvalue weighted by atomic mass is 9.95. The molecular formula is C24H24N4O. The van der Waals surface area contributed by atoms with Gasteiger partial charge in [-0.1, -0.05) is 18.2 Å². The molecule has 5 heteroatoms.